The summed E-state index contributed by atoms with van der Waals surface area (Å²) in [6.07, 6.45) is 4.33. The maximum Gasteiger partial charge on any atom is 0.256 e. The van der Waals surface area contributed by atoms with Crippen molar-refractivity contribution < 1.29 is 9.18 Å². The standard InChI is InChI=1S/C23H27FN6O/c1-4-29(14(2)3)22(31)16-9-15(24)5-6-18(16)30-19-7-8-23(11-25-12-23)10-17(19)20-21(30)28-27-13-26-20/h5-6,9,13-14,25H,4,7-8,10-12H2,1-3H3. The van der Waals surface area contributed by atoms with Gasteiger partial charge in [0.1, 0.15) is 17.7 Å². The highest BCUT2D eigenvalue weighted by molar-refractivity contribution is 5.99. The highest BCUT2D eigenvalue weighted by Gasteiger charge is 2.42. The van der Waals surface area contributed by atoms with E-state index in [9.17, 15) is 9.18 Å². The summed E-state index contributed by atoms with van der Waals surface area (Å²) in [6.45, 7) is 8.44. The van der Waals surface area contributed by atoms with Crippen LogP contribution in [0.5, 0.6) is 0 Å². The maximum absolute atomic E-state index is 14.3. The summed E-state index contributed by atoms with van der Waals surface area (Å²) in [6, 6.07) is 4.43. The molecule has 1 spiro atoms. The highest BCUT2D eigenvalue weighted by atomic mass is 19.1. The van der Waals surface area contributed by atoms with E-state index in [0.717, 1.165) is 43.6 Å². The van der Waals surface area contributed by atoms with Gasteiger partial charge in [0, 0.05) is 36.9 Å². The summed E-state index contributed by atoms with van der Waals surface area (Å²) < 4.78 is 16.3. The molecule has 0 unspecified atom stereocenters. The van der Waals surface area contributed by atoms with Crippen LogP contribution in [0.1, 0.15) is 48.8 Å². The van der Waals surface area contributed by atoms with E-state index in [0.29, 0.717) is 23.4 Å². The maximum atomic E-state index is 14.3. The number of nitrogens with one attached hydrogen (secondary N) is 1. The van der Waals surface area contributed by atoms with Crippen LogP contribution in [0.2, 0.25) is 0 Å². The molecule has 0 atom stereocenters. The van der Waals surface area contributed by atoms with Crippen LogP contribution in [-0.4, -0.2) is 56.2 Å². The molecule has 0 radical (unpaired) electrons. The van der Waals surface area contributed by atoms with Crippen molar-refractivity contribution in [1.29, 1.82) is 0 Å². The molecule has 1 aliphatic carbocycles. The Morgan fingerprint density at radius 3 is 2.84 bits per heavy atom. The zero-order chi connectivity index (χ0) is 21.8. The van der Waals surface area contributed by atoms with Crippen molar-refractivity contribution >= 4 is 17.1 Å². The summed E-state index contributed by atoms with van der Waals surface area (Å²) in [5, 5.41) is 11.8. The van der Waals surface area contributed by atoms with Gasteiger partial charge in [-0.25, -0.2) is 9.37 Å². The average Bonchev–Trinajstić information content (AvgIpc) is 3.06. The predicted molar refractivity (Wildman–Crippen MR) is 116 cm³/mol. The van der Waals surface area contributed by atoms with Gasteiger partial charge >= 0.3 is 0 Å². The van der Waals surface area contributed by atoms with Crippen molar-refractivity contribution in [2.75, 3.05) is 19.6 Å². The van der Waals surface area contributed by atoms with Crippen LogP contribution in [0.15, 0.2) is 24.5 Å². The fraction of sp³-hybridized carbons (Fsp3) is 0.478. The molecule has 3 heterocycles. The first-order valence-corrected chi connectivity index (χ1v) is 11.0. The fourth-order valence-electron chi connectivity index (χ4n) is 5.14. The van der Waals surface area contributed by atoms with Gasteiger partial charge in [0.25, 0.3) is 5.91 Å². The Morgan fingerprint density at radius 2 is 2.16 bits per heavy atom. The number of halogens is 1. The van der Waals surface area contributed by atoms with Gasteiger partial charge in [-0.05, 0) is 63.6 Å². The first-order valence-electron chi connectivity index (χ1n) is 11.0. The van der Waals surface area contributed by atoms with Crippen molar-refractivity contribution in [3.8, 4) is 5.69 Å². The number of amides is 1. The predicted octanol–water partition coefficient (Wildman–Crippen LogP) is 2.90. The van der Waals surface area contributed by atoms with E-state index < -0.39 is 5.82 Å². The Labute approximate surface area is 180 Å². The van der Waals surface area contributed by atoms with E-state index >= 15 is 0 Å². The molecule has 1 fully saturated rings. The van der Waals surface area contributed by atoms with E-state index in [1.807, 2.05) is 25.3 Å². The lowest BCUT2D eigenvalue weighted by molar-refractivity contribution is 0.0716. The number of fused-ring (bicyclic) bond motifs is 3. The molecule has 0 bridgehead atoms. The lowest BCUT2D eigenvalue weighted by Gasteiger charge is -2.45. The Bertz CT molecular complexity index is 1170. The van der Waals surface area contributed by atoms with Gasteiger partial charge in [0.15, 0.2) is 5.65 Å². The van der Waals surface area contributed by atoms with Crippen molar-refractivity contribution in [3.63, 3.8) is 0 Å². The third kappa shape index (κ3) is 3.12. The third-order valence-electron chi connectivity index (χ3n) is 6.82. The molecule has 7 nitrogen and oxygen atoms in total. The van der Waals surface area contributed by atoms with Gasteiger partial charge in [0.05, 0.1) is 11.3 Å². The van der Waals surface area contributed by atoms with Crippen LogP contribution in [0.3, 0.4) is 0 Å². The second-order valence-electron chi connectivity index (χ2n) is 9.02. The number of rotatable bonds is 4. The second-order valence-corrected chi connectivity index (χ2v) is 9.02. The monoisotopic (exact) mass is 422 g/mol. The second kappa shape index (κ2) is 7.37. The minimum atomic E-state index is -0.430. The van der Waals surface area contributed by atoms with Crippen LogP contribution >= 0.6 is 0 Å². The van der Waals surface area contributed by atoms with Crippen LogP contribution in [-0.2, 0) is 12.8 Å². The summed E-state index contributed by atoms with van der Waals surface area (Å²) in [5.41, 5.74) is 4.99. The number of carbonyl (C=O) groups is 1. The van der Waals surface area contributed by atoms with E-state index in [-0.39, 0.29) is 17.4 Å². The molecule has 1 amide bonds. The van der Waals surface area contributed by atoms with Crippen molar-refractivity contribution in [2.45, 2.75) is 46.1 Å². The minimum absolute atomic E-state index is 0.0105. The Kier molecular flexibility index (Phi) is 4.77. The fourth-order valence-corrected chi connectivity index (χ4v) is 5.14. The van der Waals surface area contributed by atoms with Gasteiger partial charge in [-0.15, -0.1) is 10.2 Å². The number of nitrogens with zero attached hydrogens (tertiary/aromatic N) is 5. The zero-order valence-corrected chi connectivity index (χ0v) is 18.2. The topological polar surface area (TPSA) is 75.9 Å². The molecule has 5 rings (SSSR count). The quantitative estimate of drug-likeness (QED) is 0.700. The van der Waals surface area contributed by atoms with Gasteiger partial charge in [-0.3, -0.25) is 9.36 Å². The molecule has 2 aromatic heterocycles. The SMILES string of the molecule is CCN(C(=O)c1cc(F)ccc1-n1c2c(c3ncnnc31)CC1(CC2)CNC1)C(C)C. The van der Waals surface area contributed by atoms with E-state index in [2.05, 4.69) is 20.5 Å². The van der Waals surface area contributed by atoms with Gasteiger partial charge in [-0.1, -0.05) is 0 Å². The van der Waals surface area contributed by atoms with Crippen LogP contribution in [0.4, 0.5) is 4.39 Å². The van der Waals surface area contributed by atoms with E-state index in [4.69, 9.17) is 0 Å². The minimum Gasteiger partial charge on any atom is -0.336 e. The zero-order valence-electron chi connectivity index (χ0n) is 18.2. The molecule has 2 aliphatic rings. The normalized spacial score (nSPS) is 17.1. The van der Waals surface area contributed by atoms with Gasteiger partial charge < -0.3 is 10.2 Å². The molecule has 0 saturated carbocycles. The average molecular weight is 423 g/mol. The molecule has 162 valence electrons. The molecular weight excluding hydrogens is 395 g/mol. The van der Waals surface area contributed by atoms with Crippen molar-refractivity contribution in [3.05, 3.63) is 47.2 Å². The molecule has 3 aromatic rings. The lowest BCUT2D eigenvalue weighted by atomic mass is 9.69. The molecular formula is C23H27FN6O. The van der Waals surface area contributed by atoms with Crippen LogP contribution in [0, 0.1) is 11.2 Å². The summed E-state index contributed by atoms with van der Waals surface area (Å²) in [5.74, 6) is -0.615. The molecule has 1 saturated heterocycles. The number of benzene rings is 1. The number of carbonyl (C=O) groups excluding carboxylic acids is 1. The van der Waals surface area contributed by atoms with E-state index in [1.165, 1.54) is 24.0 Å². The Balaban J connectivity index is 1.72. The Morgan fingerprint density at radius 1 is 1.35 bits per heavy atom. The van der Waals surface area contributed by atoms with Crippen LogP contribution in [0.25, 0.3) is 16.9 Å². The largest absolute Gasteiger partial charge is 0.336 e. The Hall–Kier alpha value is -2.87. The number of aromatic nitrogens is 4. The number of hydrogen-bond donors (Lipinski definition) is 1. The molecule has 1 aromatic carbocycles. The highest BCUT2D eigenvalue weighted by Crippen LogP contribution is 2.43. The summed E-state index contributed by atoms with van der Waals surface area (Å²) in [4.78, 5) is 19.7. The molecule has 1 N–H and O–H groups in total. The van der Waals surface area contributed by atoms with Crippen molar-refractivity contribution in [2.24, 2.45) is 5.41 Å². The molecule has 1 aliphatic heterocycles. The smallest absolute Gasteiger partial charge is 0.256 e. The van der Waals surface area contributed by atoms with Gasteiger partial charge in [0.2, 0.25) is 0 Å². The summed E-state index contributed by atoms with van der Waals surface area (Å²) in [7, 11) is 0. The first-order chi connectivity index (χ1) is 14.9. The molecule has 8 heteroatoms. The van der Waals surface area contributed by atoms with Crippen LogP contribution < -0.4 is 5.32 Å². The third-order valence-corrected chi connectivity index (χ3v) is 6.82. The summed E-state index contributed by atoms with van der Waals surface area (Å²) >= 11 is 0. The molecule has 31 heavy (non-hydrogen) atoms. The number of hydrogen-bond acceptors (Lipinski definition) is 5. The van der Waals surface area contributed by atoms with Crippen molar-refractivity contribution in [1.82, 2.24) is 30.0 Å². The van der Waals surface area contributed by atoms with E-state index in [1.54, 1.807) is 11.0 Å². The van der Waals surface area contributed by atoms with Gasteiger partial charge in [-0.2, -0.15) is 0 Å². The lowest BCUT2D eigenvalue weighted by Crippen LogP contribution is -2.56. The first kappa shape index (κ1) is 20.1.